The first kappa shape index (κ1) is 21.1. The second-order valence-corrected chi connectivity index (χ2v) is 9.29. The van der Waals surface area contributed by atoms with E-state index in [4.69, 9.17) is 40.2 Å². The zero-order valence-electron chi connectivity index (χ0n) is 15.1. The molecule has 2 aromatic rings. The van der Waals surface area contributed by atoms with Gasteiger partial charge in [0.05, 0.1) is 22.7 Å². The monoisotopic (exact) mass is 459 g/mol. The van der Waals surface area contributed by atoms with Crippen LogP contribution >= 0.6 is 35.4 Å². The number of anilines is 1. The largest absolute Gasteiger partial charge is 0.497 e. The van der Waals surface area contributed by atoms with Crippen molar-refractivity contribution in [2.24, 2.45) is 0 Å². The van der Waals surface area contributed by atoms with Gasteiger partial charge in [-0.15, -0.1) is 0 Å². The van der Waals surface area contributed by atoms with Gasteiger partial charge in [0.2, 0.25) is 10.0 Å². The van der Waals surface area contributed by atoms with E-state index in [-0.39, 0.29) is 4.90 Å². The minimum atomic E-state index is -3.56. The van der Waals surface area contributed by atoms with E-state index < -0.39 is 10.0 Å². The van der Waals surface area contributed by atoms with E-state index in [0.29, 0.717) is 52.8 Å². The van der Waals surface area contributed by atoms with Gasteiger partial charge in [0.1, 0.15) is 5.75 Å². The van der Waals surface area contributed by atoms with Crippen LogP contribution in [0, 0.1) is 0 Å². The van der Waals surface area contributed by atoms with Crippen molar-refractivity contribution in [2.75, 3.05) is 38.6 Å². The summed E-state index contributed by atoms with van der Waals surface area (Å²) >= 11 is 17.6. The van der Waals surface area contributed by atoms with Gasteiger partial charge in [0.25, 0.3) is 0 Å². The summed E-state index contributed by atoms with van der Waals surface area (Å²) in [5, 5.41) is 4.61. The molecule has 0 radical (unpaired) electrons. The second kappa shape index (κ2) is 8.84. The highest BCUT2D eigenvalue weighted by atomic mass is 35.5. The first-order valence-corrected chi connectivity index (χ1v) is 11.1. The van der Waals surface area contributed by atoms with E-state index in [1.807, 2.05) is 4.90 Å². The summed E-state index contributed by atoms with van der Waals surface area (Å²) in [5.74, 6) is 0.611. The summed E-state index contributed by atoms with van der Waals surface area (Å²) in [6.45, 7) is 1.61. The fraction of sp³-hybridized carbons (Fsp3) is 0.278. The van der Waals surface area contributed by atoms with Crippen LogP contribution in [0.1, 0.15) is 0 Å². The normalized spacial score (nSPS) is 15.3. The molecule has 0 spiro atoms. The molecule has 1 aliphatic rings. The molecule has 0 aliphatic carbocycles. The highest BCUT2D eigenvalue weighted by Crippen LogP contribution is 2.26. The number of sulfonamides is 1. The predicted octanol–water partition coefficient (Wildman–Crippen LogP) is 3.71. The number of thiocarbonyl (C=S) groups is 1. The summed E-state index contributed by atoms with van der Waals surface area (Å²) < 4.78 is 32.2. The Kier molecular flexibility index (Phi) is 6.67. The molecule has 2 aromatic carbocycles. The van der Waals surface area contributed by atoms with Crippen molar-refractivity contribution in [3.8, 4) is 5.75 Å². The van der Waals surface area contributed by atoms with Crippen LogP contribution in [0.15, 0.2) is 47.4 Å². The van der Waals surface area contributed by atoms with Crippen molar-refractivity contribution in [2.45, 2.75) is 4.90 Å². The summed E-state index contributed by atoms with van der Waals surface area (Å²) in [7, 11) is -2.02. The zero-order chi connectivity index (χ0) is 20.3. The van der Waals surface area contributed by atoms with Crippen molar-refractivity contribution in [1.29, 1.82) is 0 Å². The smallest absolute Gasteiger partial charge is 0.243 e. The number of hydrogen-bond donors (Lipinski definition) is 1. The lowest BCUT2D eigenvalue weighted by molar-refractivity contribution is 0.268. The van der Waals surface area contributed by atoms with E-state index in [1.165, 1.54) is 11.4 Å². The van der Waals surface area contributed by atoms with Crippen molar-refractivity contribution >= 4 is 56.2 Å². The van der Waals surface area contributed by atoms with Crippen molar-refractivity contribution in [3.05, 3.63) is 52.5 Å². The van der Waals surface area contributed by atoms with Gasteiger partial charge in [-0.2, -0.15) is 4.31 Å². The van der Waals surface area contributed by atoms with Crippen molar-refractivity contribution in [3.63, 3.8) is 0 Å². The third-order valence-electron chi connectivity index (χ3n) is 4.39. The van der Waals surface area contributed by atoms with E-state index in [9.17, 15) is 8.42 Å². The molecule has 0 unspecified atom stereocenters. The molecule has 1 N–H and O–H groups in total. The molecule has 1 fully saturated rings. The number of ether oxygens (including phenoxy) is 1. The number of rotatable bonds is 4. The van der Waals surface area contributed by atoms with Crippen LogP contribution in [0.2, 0.25) is 10.0 Å². The molecule has 10 heteroatoms. The van der Waals surface area contributed by atoms with E-state index in [1.54, 1.807) is 42.5 Å². The van der Waals surface area contributed by atoms with Gasteiger partial charge in [-0.3, -0.25) is 0 Å². The Labute approximate surface area is 180 Å². The lowest BCUT2D eigenvalue weighted by atomic mass is 10.3. The van der Waals surface area contributed by atoms with Gasteiger partial charge in [0.15, 0.2) is 5.11 Å². The molecule has 0 amide bonds. The van der Waals surface area contributed by atoms with Gasteiger partial charge in [-0.05, 0) is 54.7 Å². The average molecular weight is 460 g/mol. The first-order valence-electron chi connectivity index (χ1n) is 8.46. The lowest BCUT2D eigenvalue weighted by Crippen LogP contribution is -2.51. The molecule has 28 heavy (non-hydrogen) atoms. The fourth-order valence-electron chi connectivity index (χ4n) is 2.82. The van der Waals surface area contributed by atoms with E-state index >= 15 is 0 Å². The molecule has 0 bridgehead atoms. The number of hydrogen-bond acceptors (Lipinski definition) is 4. The average Bonchev–Trinajstić information content (AvgIpc) is 2.71. The van der Waals surface area contributed by atoms with Crippen LogP contribution < -0.4 is 10.1 Å². The minimum Gasteiger partial charge on any atom is -0.497 e. The van der Waals surface area contributed by atoms with Gasteiger partial charge >= 0.3 is 0 Å². The van der Waals surface area contributed by atoms with Gasteiger partial charge in [-0.1, -0.05) is 23.2 Å². The van der Waals surface area contributed by atoms with Gasteiger partial charge < -0.3 is 15.0 Å². The Hall–Kier alpha value is -1.58. The summed E-state index contributed by atoms with van der Waals surface area (Å²) in [4.78, 5) is 2.15. The molecule has 1 aliphatic heterocycles. The maximum atomic E-state index is 12.8. The first-order chi connectivity index (χ1) is 13.3. The zero-order valence-corrected chi connectivity index (χ0v) is 18.2. The third kappa shape index (κ3) is 4.69. The molecule has 0 atom stereocenters. The highest BCUT2D eigenvalue weighted by Gasteiger charge is 2.29. The molecular formula is C18H19Cl2N3O3S2. The molecule has 6 nitrogen and oxygen atoms in total. The predicted molar refractivity (Wildman–Crippen MR) is 116 cm³/mol. The maximum absolute atomic E-state index is 12.8. The molecular weight excluding hydrogens is 441 g/mol. The Balaban J connectivity index is 1.63. The van der Waals surface area contributed by atoms with Crippen LogP contribution in [0.4, 0.5) is 5.69 Å². The molecule has 1 saturated heterocycles. The van der Waals surface area contributed by atoms with Crippen molar-refractivity contribution in [1.82, 2.24) is 9.21 Å². The second-order valence-electron chi connectivity index (χ2n) is 6.12. The Morgan fingerprint density at radius 1 is 1.07 bits per heavy atom. The Bertz CT molecular complexity index is 961. The molecule has 150 valence electrons. The number of nitrogens with zero attached hydrogens (tertiary/aromatic N) is 2. The fourth-order valence-corrected chi connectivity index (χ4v) is 4.87. The summed E-state index contributed by atoms with van der Waals surface area (Å²) in [6, 6.07) is 11.4. The quantitative estimate of drug-likeness (QED) is 0.703. The number of halogens is 2. The van der Waals surface area contributed by atoms with Crippen LogP contribution in [0.5, 0.6) is 5.75 Å². The molecule has 0 saturated carbocycles. The van der Waals surface area contributed by atoms with Gasteiger partial charge in [0, 0.05) is 31.2 Å². The lowest BCUT2D eigenvalue weighted by Gasteiger charge is -2.35. The van der Waals surface area contributed by atoms with Crippen LogP contribution in [0.3, 0.4) is 0 Å². The van der Waals surface area contributed by atoms with Crippen LogP contribution in [0.25, 0.3) is 0 Å². The number of nitrogens with one attached hydrogen (secondary N) is 1. The standard InChI is InChI=1S/C18H19Cl2N3O3S2/c1-26-14-3-5-15(6-4-14)28(24,25)23-10-8-22(9-11-23)18(27)21-17-12-13(19)2-7-16(17)20/h2-7,12H,8-11H2,1H3,(H,21,27). The molecule has 3 rings (SSSR count). The number of piperazine rings is 1. The van der Waals surface area contributed by atoms with E-state index in [2.05, 4.69) is 5.32 Å². The van der Waals surface area contributed by atoms with E-state index in [0.717, 1.165) is 0 Å². The minimum absolute atomic E-state index is 0.244. The SMILES string of the molecule is COc1ccc(S(=O)(=O)N2CCN(C(=S)Nc3cc(Cl)ccc3Cl)CC2)cc1. The Morgan fingerprint density at radius 2 is 1.71 bits per heavy atom. The number of methoxy groups -OCH3 is 1. The topological polar surface area (TPSA) is 61.9 Å². The van der Waals surface area contributed by atoms with Gasteiger partial charge in [-0.25, -0.2) is 8.42 Å². The van der Waals surface area contributed by atoms with Crippen LogP contribution in [-0.4, -0.2) is 56.0 Å². The molecule has 0 aromatic heterocycles. The molecule has 1 heterocycles. The summed E-state index contributed by atoms with van der Waals surface area (Å²) in [6.07, 6.45) is 0. The third-order valence-corrected chi connectivity index (χ3v) is 7.23. The highest BCUT2D eigenvalue weighted by molar-refractivity contribution is 7.89. The Morgan fingerprint density at radius 3 is 2.32 bits per heavy atom. The van der Waals surface area contributed by atoms with Crippen molar-refractivity contribution < 1.29 is 13.2 Å². The number of benzene rings is 2. The van der Waals surface area contributed by atoms with Crippen LogP contribution in [-0.2, 0) is 10.0 Å². The maximum Gasteiger partial charge on any atom is 0.243 e. The summed E-state index contributed by atoms with van der Waals surface area (Å²) in [5.41, 5.74) is 0.618.